The van der Waals surface area contributed by atoms with Crippen LogP contribution >= 0.6 is 11.3 Å². The van der Waals surface area contributed by atoms with Crippen LogP contribution in [-0.4, -0.2) is 28.2 Å². The third-order valence-electron chi connectivity index (χ3n) is 6.31. The lowest BCUT2D eigenvalue weighted by Gasteiger charge is -2.37. The fourth-order valence-electron chi connectivity index (χ4n) is 4.51. The molecule has 6 nitrogen and oxygen atoms in total. The van der Waals surface area contributed by atoms with E-state index >= 15 is 0 Å². The summed E-state index contributed by atoms with van der Waals surface area (Å²) in [6.45, 7) is 3.04. The van der Waals surface area contributed by atoms with E-state index in [2.05, 4.69) is 28.5 Å². The highest BCUT2D eigenvalue weighted by atomic mass is 32.1. The molecule has 4 aromatic rings. The van der Waals surface area contributed by atoms with E-state index in [4.69, 9.17) is 4.74 Å². The summed E-state index contributed by atoms with van der Waals surface area (Å²) in [4.78, 5) is 31.3. The molecule has 2 amide bonds. The van der Waals surface area contributed by atoms with Crippen LogP contribution in [0.5, 0.6) is 5.75 Å². The van der Waals surface area contributed by atoms with E-state index in [9.17, 15) is 9.59 Å². The van der Waals surface area contributed by atoms with Gasteiger partial charge in [-0.05, 0) is 40.8 Å². The van der Waals surface area contributed by atoms with E-state index in [1.54, 1.807) is 12.3 Å². The Hall–Kier alpha value is -3.97. The van der Waals surface area contributed by atoms with Crippen LogP contribution in [0.4, 0.5) is 0 Å². The summed E-state index contributed by atoms with van der Waals surface area (Å²) in [5, 5.41) is 5.38. The molecule has 7 heteroatoms. The molecule has 0 fully saturated rings. The van der Waals surface area contributed by atoms with Crippen molar-refractivity contribution in [1.29, 1.82) is 0 Å². The number of nitrogens with one attached hydrogen (secondary N) is 1. The summed E-state index contributed by atoms with van der Waals surface area (Å²) in [7, 11) is 0. The number of rotatable bonds is 7. The maximum Gasteiger partial charge on any atom is 0.271 e. The van der Waals surface area contributed by atoms with Crippen LogP contribution in [0.2, 0.25) is 0 Å². The van der Waals surface area contributed by atoms with Crippen LogP contribution in [0.25, 0.3) is 0 Å². The highest BCUT2D eigenvalue weighted by molar-refractivity contribution is 7.09. The Morgan fingerprint density at radius 3 is 2.56 bits per heavy atom. The van der Waals surface area contributed by atoms with Gasteiger partial charge in [-0.25, -0.2) is 4.98 Å². The average Bonchev–Trinajstić information content (AvgIpc) is 3.40. The smallest absolute Gasteiger partial charge is 0.271 e. The second-order valence-electron chi connectivity index (χ2n) is 8.72. The van der Waals surface area contributed by atoms with E-state index < -0.39 is 0 Å². The fourth-order valence-corrected chi connectivity index (χ4v) is 5.20. The van der Waals surface area contributed by atoms with E-state index in [0.29, 0.717) is 24.5 Å². The van der Waals surface area contributed by atoms with Gasteiger partial charge in [-0.15, -0.1) is 11.3 Å². The molecule has 1 N–H and O–H groups in total. The standard InChI is InChI=1S/C29H27N3O3S/c1-20(33)32-15-14-22-12-13-24(16-25(22)28(32)23-10-6-3-7-11-23)35-18-27-31-26(19-36-27)29(34)30-17-21-8-4-2-5-9-21/h2-13,16,19,28H,14-15,17-18H2,1H3,(H,30,34). The Bertz CT molecular complexity index is 1350. The Labute approximate surface area is 214 Å². The van der Waals surface area contributed by atoms with Gasteiger partial charge in [0.1, 0.15) is 23.1 Å². The van der Waals surface area contributed by atoms with Gasteiger partial charge in [0, 0.05) is 25.4 Å². The van der Waals surface area contributed by atoms with Crippen LogP contribution in [0.1, 0.15) is 50.7 Å². The van der Waals surface area contributed by atoms with Crippen molar-refractivity contribution in [3.63, 3.8) is 0 Å². The van der Waals surface area contributed by atoms with E-state index in [-0.39, 0.29) is 24.5 Å². The minimum Gasteiger partial charge on any atom is -0.486 e. The number of ether oxygens (including phenoxy) is 1. The minimum atomic E-state index is -0.204. The highest BCUT2D eigenvalue weighted by Gasteiger charge is 2.30. The molecule has 0 saturated heterocycles. The lowest BCUT2D eigenvalue weighted by molar-refractivity contribution is -0.130. The van der Waals surface area contributed by atoms with Gasteiger partial charge in [0.05, 0.1) is 6.04 Å². The molecule has 5 rings (SSSR count). The predicted molar refractivity (Wildman–Crippen MR) is 140 cm³/mol. The Kier molecular flexibility index (Phi) is 7.09. The zero-order valence-corrected chi connectivity index (χ0v) is 20.8. The number of aromatic nitrogens is 1. The summed E-state index contributed by atoms with van der Waals surface area (Å²) < 4.78 is 6.07. The molecule has 36 heavy (non-hydrogen) atoms. The van der Waals surface area contributed by atoms with Crippen molar-refractivity contribution >= 4 is 23.2 Å². The van der Waals surface area contributed by atoms with Crippen LogP contribution in [0.3, 0.4) is 0 Å². The molecule has 1 atom stereocenters. The van der Waals surface area contributed by atoms with Gasteiger partial charge in [-0.2, -0.15) is 0 Å². The number of fused-ring (bicyclic) bond motifs is 1. The number of carbonyl (C=O) groups is 2. The normalized spacial score (nSPS) is 14.7. The number of hydrogen-bond acceptors (Lipinski definition) is 5. The maximum atomic E-state index is 12.5. The topological polar surface area (TPSA) is 71.5 Å². The van der Waals surface area contributed by atoms with Crippen molar-refractivity contribution in [3.8, 4) is 5.75 Å². The van der Waals surface area contributed by atoms with Gasteiger partial charge in [0.2, 0.25) is 5.91 Å². The number of thiazole rings is 1. The van der Waals surface area contributed by atoms with E-state index in [0.717, 1.165) is 28.1 Å². The Balaban J connectivity index is 1.28. The van der Waals surface area contributed by atoms with Crippen LogP contribution in [0.15, 0.2) is 84.2 Å². The van der Waals surface area contributed by atoms with Crippen LogP contribution < -0.4 is 10.1 Å². The van der Waals surface area contributed by atoms with Crippen molar-refractivity contribution in [2.45, 2.75) is 32.5 Å². The first-order chi connectivity index (χ1) is 17.6. The van der Waals surface area contributed by atoms with E-state index in [1.165, 1.54) is 16.9 Å². The highest BCUT2D eigenvalue weighted by Crippen LogP contribution is 2.37. The van der Waals surface area contributed by atoms with Crippen molar-refractivity contribution in [3.05, 3.63) is 117 Å². The Morgan fingerprint density at radius 2 is 1.81 bits per heavy atom. The second kappa shape index (κ2) is 10.7. The molecule has 0 aliphatic carbocycles. The van der Waals surface area contributed by atoms with Crippen molar-refractivity contribution in [2.75, 3.05) is 6.54 Å². The molecule has 1 unspecified atom stereocenters. The summed E-state index contributed by atoms with van der Waals surface area (Å²) in [5.41, 5.74) is 4.81. The summed E-state index contributed by atoms with van der Waals surface area (Å²) in [6.07, 6.45) is 0.812. The quantitative estimate of drug-likeness (QED) is 0.384. The molecule has 0 radical (unpaired) electrons. The molecule has 1 aliphatic heterocycles. The number of hydrogen-bond donors (Lipinski definition) is 1. The third kappa shape index (κ3) is 5.31. The fraction of sp³-hybridized carbons (Fsp3) is 0.207. The summed E-state index contributed by atoms with van der Waals surface area (Å²) in [6, 6.07) is 25.8. The van der Waals surface area contributed by atoms with Crippen molar-refractivity contribution < 1.29 is 14.3 Å². The molecule has 2 heterocycles. The Morgan fingerprint density at radius 1 is 1.06 bits per heavy atom. The maximum absolute atomic E-state index is 12.5. The van der Waals surface area contributed by atoms with Gasteiger partial charge < -0.3 is 15.0 Å². The SMILES string of the molecule is CC(=O)N1CCc2ccc(OCc3nc(C(=O)NCc4ccccc4)cs3)cc2C1c1ccccc1. The average molecular weight is 498 g/mol. The summed E-state index contributed by atoms with van der Waals surface area (Å²) >= 11 is 1.40. The van der Waals surface area contributed by atoms with Gasteiger partial charge in [-0.1, -0.05) is 66.7 Å². The first kappa shape index (κ1) is 23.8. The van der Waals surface area contributed by atoms with Gasteiger partial charge >= 0.3 is 0 Å². The first-order valence-corrected chi connectivity index (χ1v) is 12.8. The number of carbonyl (C=O) groups excluding carboxylic acids is 2. The van der Waals surface area contributed by atoms with Crippen molar-refractivity contribution in [1.82, 2.24) is 15.2 Å². The number of nitrogens with zero attached hydrogens (tertiary/aromatic N) is 2. The monoisotopic (exact) mass is 497 g/mol. The molecular formula is C29H27N3O3S. The van der Waals surface area contributed by atoms with Crippen LogP contribution in [-0.2, 0) is 24.4 Å². The second-order valence-corrected chi connectivity index (χ2v) is 9.66. The van der Waals surface area contributed by atoms with E-state index in [1.807, 2.05) is 65.6 Å². The molecule has 182 valence electrons. The largest absolute Gasteiger partial charge is 0.486 e. The zero-order chi connectivity index (χ0) is 24.9. The number of benzene rings is 3. The predicted octanol–water partition coefficient (Wildman–Crippen LogP) is 5.15. The molecule has 0 spiro atoms. The molecule has 0 bridgehead atoms. The zero-order valence-electron chi connectivity index (χ0n) is 20.0. The van der Waals surface area contributed by atoms with Crippen LogP contribution in [0, 0.1) is 0 Å². The summed E-state index contributed by atoms with van der Waals surface area (Å²) in [5.74, 6) is 0.567. The molecule has 1 aromatic heterocycles. The van der Waals surface area contributed by atoms with Crippen molar-refractivity contribution in [2.24, 2.45) is 0 Å². The molecule has 3 aromatic carbocycles. The first-order valence-electron chi connectivity index (χ1n) is 11.9. The minimum absolute atomic E-state index is 0.0571. The lowest BCUT2D eigenvalue weighted by atomic mass is 9.88. The lowest BCUT2D eigenvalue weighted by Crippen LogP contribution is -2.39. The van der Waals surface area contributed by atoms with Gasteiger partial charge in [0.15, 0.2) is 0 Å². The molecule has 0 saturated carbocycles. The number of amides is 2. The molecule has 1 aliphatic rings. The van der Waals surface area contributed by atoms with Gasteiger partial charge in [0.25, 0.3) is 5.91 Å². The van der Waals surface area contributed by atoms with Gasteiger partial charge in [-0.3, -0.25) is 9.59 Å². The molecular weight excluding hydrogens is 470 g/mol. The third-order valence-corrected chi connectivity index (χ3v) is 7.13.